The lowest BCUT2D eigenvalue weighted by Crippen LogP contribution is -2.19. The van der Waals surface area contributed by atoms with Crippen molar-refractivity contribution in [2.75, 3.05) is 5.32 Å². The first kappa shape index (κ1) is 14.7. The molecule has 1 amide bonds. The molecule has 0 aliphatic heterocycles. The van der Waals surface area contributed by atoms with Gasteiger partial charge in [0.05, 0.1) is 5.69 Å². The van der Waals surface area contributed by atoms with Crippen LogP contribution in [0.25, 0.3) is 11.3 Å². The Morgan fingerprint density at radius 2 is 2.10 bits per heavy atom. The Labute approximate surface area is 124 Å². The summed E-state index contributed by atoms with van der Waals surface area (Å²) in [5.41, 5.74) is 4.53. The molecule has 1 N–H and O–H groups in total. The quantitative estimate of drug-likeness (QED) is 0.905. The van der Waals surface area contributed by atoms with Crippen molar-refractivity contribution in [2.24, 2.45) is 5.92 Å². The molecule has 20 heavy (non-hydrogen) atoms. The number of nitrogens with one attached hydrogen (secondary N) is 1. The van der Waals surface area contributed by atoms with Gasteiger partial charge in [-0.05, 0) is 37.5 Å². The van der Waals surface area contributed by atoms with Gasteiger partial charge in [-0.2, -0.15) is 0 Å². The maximum atomic E-state index is 11.8. The van der Waals surface area contributed by atoms with Crippen LogP contribution in [0.1, 0.15) is 31.4 Å². The van der Waals surface area contributed by atoms with E-state index in [0.29, 0.717) is 5.13 Å². The van der Waals surface area contributed by atoms with Gasteiger partial charge in [-0.3, -0.25) is 4.79 Å². The predicted molar refractivity (Wildman–Crippen MR) is 85.1 cm³/mol. The van der Waals surface area contributed by atoms with Crippen LogP contribution in [-0.4, -0.2) is 10.9 Å². The summed E-state index contributed by atoms with van der Waals surface area (Å²) in [6, 6.07) is 6.30. The molecule has 0 saturated carbocycles. The monoisotopic (exact) mass is 288 g/mol. The van der Waals surface area contributed by atoms with E-state index in [1.54, 1.807) is 0 Å². The number of thiazole rings is 1. The fraction of sp³-hybridized carbons (Fsp3) is 0.375. The van der Waals surface area contributed by atoms with Crippen molar-refractivity contribution >= 4 is 22.4 Å². The molecule has 0 fully saturated rings. The molecular weight excluding hydrogens is 268 g/mol. The van der Waals surface area contributed by atoms with Gasteiger partial charge in [0, 0.05) is 16.9 Å². The fourth-order valence-corrected chi connectivity index (χ4v) is 2.50. The molecule has 1 atom stereocenters. The summed E-state index contributed by atoms with van der Waals surface area (Å²) in [7, 11) is 0. The van der Waals surface area contributed by atoms with Crippen LogP contribution < -0.4 is 5.32 Å². The lowest BCUT2D eigenvalue weighted by Gasteiger charge is -2.06. The zero-order chi connectivity index (χ0) is 14.7. The third-order valence-corrected chi connectivity index (χ3v) is 4.35. The van der Waals surface area contributed by atoms with Gasteiger partial charge in [0.2, 0.25) is 5.91 Å². The summed E-state index contributed by atoms with van der Waals surface area (Å²) in [6.45, 7) is 8.12. The highest BCUT2D eigenvalue weighted by molar-refractivity contribution is 7.14. The molecule has 1 unspecified atom stereocenters. The first-order chi connectivity index (χ1) is 9.51. The highest BCUT2D eigenvalue weighted by Crippen LogP contribution is 2.26. The number of aryl methyl sites for hydroxylation is 2. The third-order valence-electron chi connectivity index (χ3n) is 3.60. The average Bonchev–Trinajstić information content (AvgIpc) is 2.89. The molecule has 2 rings (SSSR count). The minimum absolute atomic E-state index is 0.0176. The zero-order valence-corrected chi connectivity index (χ0v) is 13.2. The molecule has 0 spiro atoms. The van der Waals surface area contributed by atoms with E-state index in [4.69, 9.17) is 0 Å². The van der Waals surface area contributed by atoms with Crippen LogP contribution in [0.2, 0.25) is 0 Å². The zero-order valence-electron chi connectivity index (χ0n) is 12.4. The molecule has 1 heterocycles. The smallest absolute Gasteiger partial charge is 0.228 e. The fourth-order valence-electron chi connectivity index (χ4n) is 1.78. The van der Waals surface area contributed by atoms with Crippen molar-refractivity contribution in [3.8, 4) is 11.3 Å². The molecule has 106 valence electrons. The highest BCUT2D eigenvalue weighted by atomic mass is 32.1. The van der Waals surface area contributed by atoms with Crippen molar-refractivity contribution in [1.29, 1.82) is 0 Å². The number of carbonyl (C=O) groups is 1. The number of aromatic nitrogens is 1. The molecule has 1 aromatic heterocycles. The van der Waals surface area contributed by atoms with Crippen LogP contribution in [0.3, 0.4) is 0 Å². The van der Waals surface area contributed by atoms with Crippen molar-refractivity contribution < 1.29 is 4.79 Å². The van der Waals surface area contributed by atoms with E-state index in [1.807, 2.05) is 19.2 Å². The molecule has 2 aromatic rings. The molecule has 0 radical (unpaired) electrons. The van der Waals surface area contributed by atoms with Crippen LogP contribution in [0.5, 0.6) is 0 Å². The number of nitrogens with zero attached hydrogens (tertiary/aromatic N) is 1. The van der Waals surface area contributed by atoms with Gasteiger partial charge < -0.3 is 5.32 Å². The van der Waals surface area contributed by atoms with Gasteiger partial charge in [-0.1, -0.05) is 26.0 Å². The number of amides is 1. The van der Waals surface area contributed by atoms with Crippen LogP contribution >= 0.6 is 11.3 Å². The van der Waals surface area contributed by atoms with Crippen LogP contribution in [-0.2, 0) is 4.79 Å². The van der Waals surface area contributed by atoms with E-state index in [2.05, 4.69) is 42.3 Å². The summed E-state index contributed by atoms with van der Waals surface area (Å²) in [5, 5.41) is 5.53. The molecule has 0 aliphatic carbocycles. The van der Waals surface area contributed by atoms with E-state index in [1.165, 1.54) is 22.5 Å². The van der Waals surface area contributed by atoms with Gasteiger partial charge >= 0.3 is 0 Å². The number of anilines is 1. The van der Waals surface area contributed by atoms with E-state index >= 15 is 0 Å². The second-order valence-corrected chi connectivity index (χ2v) is 5.99. The molecule has 4 heteroatoms. The van der Waals surface area contributed by atoms with Crippen LogP contribution in [0.4, 0.5) is 5.13 Å². The summed E-state index contributed by atoms with van der Waals surface area (Å²) in [4.78, 5) is 16.3. The number of hydrogen-bond donors (Lipinski definition) is 1. The van der Waals surface area contributed by atoms with Crippen LogP contribution in [0, 0.1) is 19.8 Å². The average molecular weight is 288 g/mol. The SMILES string of the molecule is CCC(C)C(=O)Nc1nc(-c2ccc(C)c(C)c2)cs1. The number of carbonyl (C=O) groups excluding carboxylic acids is 1. The second kappa shape index (κ2) is 6.18. The molecule has 0 saturated heterocycles. The Hall–Kier alpha value is -1.68. The molecule has 0 bridgehead atoms. The van der Waals surface area contributed by atoms with Crippen LogP contribution in [0.15, 0.2) is 23.6 Å². The summed E-state index contributed by atoms with van der Waals surface area (Å²) in [6.07, 6.45) is 0.835. The Kier molecular flexibility index (Phi) is 4.55. The number of benzene rings is 1. The minimum atomic E-state index is 0.0176. The summed E-state index contributed by atoms with van der Waals surface area (Å²) < 4.78 is 0. The molecular formula is C16H20N2OS. The number of hydrogen-bond acceptors (Lipinski definition) is 3. The second-order valence-electron chi connectivity index (χ2n) is 5.14. The molecule has 1 aromatic carbocycles. The largest absolute Gasteiger partial charge is 0.302 e. The Bertz CT molecular complexity index is 619. The minimum Gasteiger partial charge on any atom is -0.302 e. The lowest BCUT2D eigenvalue weighted by atomic mass is 10.1. The first-order valence-electron chi connectivity index (χ1n) is 6.85. The lowest BCUT2D eigenvalue weighted by molar-refractivity contribution is -0.119. The van der Waals surface area contributed by atoms with Gasteiger partial charge in [0.25, 0.3) is 0 Å². The Morgan fingerprint density at radius 1 is 1.35 bits per heavy atom. The van der Waals surface area contributed by atoms with Crippen molar-refractivity contribution in [3.63, 3.8) is 0 Å². The van der Waals surface area contributed by atoms with E-state index in [0.717, 1.165) is 17.7 Å². The normalized spacial score (nSPS) is 12.2. The molecule has 0 aliphatic rings. The summed E-state index contributed by atoms with van der Waals surface area (Å²) in [5.74, 6) is 0.0532. The standard InChI is InChI=1S/C16H20N2OS/c1-5-10(2)15(19)18-16-17-14(9-20-16)13-7-6-11(3)12(4)8-13/h6-10H,5H2,1-4H3,(H,17,18,19). The highest BCUT2D eigenvalue weighted by Gasteiger charge is 2.13. The van der Waals surface area contributed by atoms with Crippen molar-refractivity contribution in [3.05, 3.63) is 34.7 Å². The Balaban J connectivity index is 2.16. The van der Waals surface area contributed by atoms with E-state index < -0.39 is 0 Å². The van der Waals surface area contributed by atoms with Gasteiger partial charge in [-0.15, -0.1) is 11.3 Å². The van der Waals surface area contributed by atoms with E-state index in [9.17, 15) is 4.79 Å². The van der Waals surface area contributed by atoms with Crippen molar-refractivity contribution in [1.82, 2.24) is 4.98 Å². The summed E-state index contributed by atoms with van der Waals surface area (Å²) >= 11 is 1.47. The predicted octanol–water partition coefficient (Wildman–Crippen LogP) is 4.41. The van der Waals surface area contributed by atoms with Gasteiger partial charge in [0.15, 0.2) is 5.13 Å². The maximum absolute atomic E-state index is 11.8. The molecule has 3 nitrogen and oxygen atoms in total. The Morgan fingerprint density at radius 3 is 2.75 bits per heavy atom. The van der Waals surface area contributed by atoms with Gasteiger partial charge in [0.1, 0.15) is 0 Å². The maximum Gasteiger partial charge on any atom is 0.228 e. The van der Waals surface area contributed by atoms with Crippen molar-refractivity contribution in [2.45, 2.75) is 34.1 Å². The topological polar surface area (TPSA) is 42.0 Å². The van der Waals surface area contributed by atoms with Gasteiger partial charge in [-0.25, -0.2) is 4.98 Å². The van der Waals surface area contributed by atoms with E-state index in [-0.39, 0.29) is 11.8 Å². The number of rotatable bonds is 4. The third kappa shape index (κ3) is 3.25. The first-order valence-corrected chi connectivity index (χ1v) is 7.73.